The Balaban J connectivity index is 1.66. The van der Waals surface area contributed by atoms with Gasteiger partial charge < -0.3 is 16.0 Å². The molecule has 0 spiro atoms. The second-order valence-corrected chi connectivity index (χ2v) is 6.24. The standard InChI is InChI=1S/C20H24FN3/c1-3-16-12-18(13-22-16)23-14(2)15-9-10-20(19(21)11-15)24-17-7-5-4-6-8-17/h4-11,13-14,16,22-24H,3,12H2,1-2H3/t14?,16-/m0/s1. The lowest BCUT2D eigenvalue weighted by atomic mass is 10.1. The number of rotatable bonds is 6. The minimum absolute atomic E-state index is 0.0638. The molecule has 1 heterocycles. The molecule has 0 fully saturated rings. The number of nitrogens with one attached hydrogen (secondary N) is 3. The van der Waals surface area contributed by atoms with Crippen LogP contribution in [0.1, 0.15) is 38.3 Å². The first kappa shape index (κ1) is 16.4. The van der Waals surface area contributed by atoms with E-state index in [0.717, 1.165) is 24.1 Å². The summed E-state index contributed by atoms with van der Waals surface area (Å²) in [6.07, 6.45) is 4.13. The van der Waals surface area contributed by atoms with Crippen molar-refractivity contribution in [2.24, 2.45) is 0 Å². The van der Waals surface area contributed by atoms with Gasteiger partial charge in [-0.15, -0.1) is 0 Å². The molecule has 4 heteroatoms. The van der Waals surface area contributed by atoms with Crippen LogP contribution in [0.3, 0.4) is 0 Å². The molecule has 0 radical (unpaired) electrons. The highest BCUT2D eigenvalue weighted by atomic mass is 19.1. The van der Waals surface area contributed by atoms with Crippen LogP contribution in [0.2, 0.25) is 0 Å². The van der Waals surface area contributed by atoms with E-state index < -0.39 is 0 Å². The van der Waals surface area contributed by atoms with Crippen molar-refractivity contribution in [2.45, 2.75) is 38.8 Å². The van der Waals surface area contributed by atoms with Gasteiger partial charge in [0.2, 0.25) is 0 Å². The average Bonchev–Trinajstić information content (AvgIpc) is 3.05. The molecule has 1 aliphatic rings. The van der Waals surface area contributed by atoms with E-state index in [-0.39, 0.29) is 11.9 Å². The van der Waals surface area contributed by atoms with Crippen LogP contribution in [0.25, 0.3) is 0 Å². The van der Waals surface area contributed by atoms with Crippen molar-refractivity contribution in [3.05, 3.63) is 71.8 Å². The zero-order valence-corrected chi connectivity index (χ0v) is 14.1. The van der Waals surface area contributed by atoms with Gasteiger partial charge in [0, 0.05) is 36.1 Å². The van der Waals surface area contributed by atoms with Crippen LogP contribution >= 0.6 is 0 Å². The van der Waals surface area contributed by atoms with Gasteiger partial charge in [0.15, 0.2) is 0 Å². The zero-order valence-electron chi connectivity index (χ0n) is 14.1. The van der Waals surface area contributed by atoms with Gasteiger partial charge in [-0.3, -0.25) is 0 Å². The Morgan fingerprint density at radius 2 is 2.00 bits per heavy atom. The van der Waals surface area contributed by atoms with Gasteiger partial charge in [-0.05, 0) is 43.2 Å². The summed E-state index contributed by atoms with van der Waals surface area (Å²) >= 11 is 0. The largest absolute Gasteiger partial charge is 0.386 e. The molecule has 1 unspecified atom stereocenters. The predicted octanol–water partition coefficient (Wildman–Crippen LogP) is 4.83. The number of hydrogen-bond acceptors (Lipinski definition) is 3. The SMILES string of the molecule is CC[C@H]1CC(NC(C)c2ccc(Nc3ccccc3)c(F)c2)=CN1. The maximum atomic E-state index is 14.4. The molecule has 0 saturated heterocycles. The van der Waals surface area contributed by atoms with Crippen molar-refractivity contribution in [1.29, 1.82) is 0 Å². The molecule has 2 aromatic carbocycles. The van der Waals surface area contributed by atoms with Gasteiger partial charge in [0.25, 0.3) is 0 Å². The molecule has 0 aromatic heterocycles. The van der Waals surface area contributed by atoms with E-state index in [1.165, 1.54) is 5.70 Å². The molecule has 126 valence electrons. The van der Waals surface area contributed by atoms with Crippen molar-refractivity contribution in [3.8, 4) is 0 Å². The van der Waals surface area contributed by atoms with Crippen LogP contribution in [0.4, 0.5) is 15.8 Å². The molecular weight excluding hydrogens is 301 g/mol. The van der Waals surface area contributed by atoms with Gasteiger partial charge >= 0.3 is 0 Å². The smallest absolute Gasteiger partial charge is 0.146 e. The molecule has 1 aliphatic heterocycles. The average molecular weight is 325 g/mol. The molecular formula is C20H24FN3. The van der Waals surface area contributed by atoms with Crippen molar-refractivity contribution < 1.29 is 4.39 Å². The Morgan fingerprint density at radius 3 is 2.67 bits per heavy atom. The van der Waals surface area contributed by atoms with Gasteiger partial charge in [0.1, 0.15) is 5.82 Å². The fourth-order valence-corrected chi connectivity index (χ4v) is 2.91. The molecule has 0 aliphatic carbocycles. The molecule has 3 nitrogen and oxygen atoms in total. The van der Waals surface area contributed by atoms with Gasteiger partial charge in [-0.25, -0.2) is 4.39 Å². The van der Waals surface area contributed by atoms with Crippen molar-refractivity contribution in [3.63, 3.8) is 0 Å². The van der Waals surface area contributed by atoms with Crippen LogP contribution in [-0.4, -0.2) is 6.04 Å². The summed E-state index contributed by atoms with van der Waals surface area (Å²) in [6.45, 7) is 4.23. The van der Waals surface area contributed by atoms with E-state index in [1.807, 2.05) is 42.6 Å². The number of para-hydroxylation sites is 1. The van der Waals surface area contributed by atoms with Crippen LogP contribution in [-0.2, 0) is 0 Å². The molecule has 3 N–H and O–H groups in total. The first-order chi connectivity index (χ1) is 11.7. The summed E-state index contributed by atoms with van der Waals surface area (Å²) in [5, 5.41) is 9.93. The number of benzene rings is 2. The summed E-state index contributed by atoms with van der Waals surface area (Å²) in [5.74, 6) is -0.241. The van der Waals surface area contributed by atoms with Crippen molar-refractivity contribution >= 4 is 11.4 Å². The van der Waals surface area contributed by atoms with E-state index in [9.17, 15) is 4.39 Å². The Hall–Kier alpha value is -2.49. The highest BCUT2D eigenvalue weighted by Crippen LogP contribution is 2.25. The number of anilines is 2. The molecule has 2 aromatic rings. The lowest BCUT2D eigenvalue weighted by Crippen LogP contribution is -2.20. The minimum Gasteiger partial charge on any atom is -0.386 e. The summed E-state index contributed by atoms with van der Waals surface area (Å²) < 4.78 is 14.4. The van der Waals surface area contributed by atoms with E-state index in [0.29, 0.717) is 11.7 Å². The monoisotopic (exact) mass is 325 g/mol. The fraction of sp³-hybridized carbons (Fsp3) is 0.300. The maximum Gasteiger partial charge on any atom is 0.146 e. The van der Waals surface area contributed by atoms with Crippen molar-refractivity contribution in [1.82, 2.24) is 10.6 Å². The highest BCUT2D eigenvalue weighted by molar-refractivity contribution is 5.60. The number of halogens is 1. The van der Waals surface area contributed by atoms with Gasteiger partial charge in [0.05, 0.1) is 5.69 Å². The van der Waals surface area contributed by atoms with E-state index >= 15 is 0 Å². The molecule has 0 bridgehead atoms. The second kappa shape index (κ2) is 7.39. The second-order valence-electron chi connectivity index (χ2n) is 6.24. The fourth-order valence-electron chi connectivity index (χ4n) is 2.91. The maximum absolute atomic E-state index is 14.4. The Kier molecular flexibility index (Phi) is 5.04. The summed E-state index contributed by atoms with van der Waals surface area (Å²) in [7, 11) is 0. The highest BCUT2D eigenvalue weighted by Gasteiger charge is 2.17. The summed E-state index contributed by atoms with van der Waals surface area (Å²) in [5.41, 5.74) is 3.49. The Morgan fingerprint density at radius 1 is 1.21 bits per heavy atom. The molecule has 3 rings (SSSR count). The predicted molar refractivity (Wildman–Crippen MR) is 97.6 cm³/mol. The first-order valence-electron chi connectivity index (χ1n) is 8.49. The first-order valence-corrected chi connectivity index (χ1v) is 8.49. The minimum atomic E-state index is -0.241. The zero-order chi connectivity index (χ0) is 16.9. The van der Waals surface area contributed by atoms with E-state index in [4.69, 9.17) is 0 Å². The third-order valence-corrected chi connectivity index (χ3v) is 4.40. The van der Waals surface area contributed by atoms with Crippen LogP contribution < -0.4 is 16.0 Å². The van der Waals surface area contributed by atoms with Crippen molar-refractivity contribution in [2.75, 3.05) is 5.32 Å². The molecule has 0 amide bonds. The molecule has 2 atom stereocenters. The summed E-state index contributed by atoms with van der Waals surface area (Å²) in [6, 6.07) is 15.6. The normalized spacial score (nSPS) is 17.8. The Bertz CT molecular complexity index is 712. The lowest BCUT2D eigenvalue weighted by Gasteiger charge is -2.18. The van der Waals surface area contributed by atoms with Crippen LogP contribution in [0.5, 0.6) is 0 Å². The van der Waals surface area contributed by atoms with Crippen LogP contribution in [0.15, 0.2) is 60.4 Å². The quantitative estimate of drug-likeness (QED) is 0.712. The summed E-state index contributed by atoms with van der Waals surface area (Å²) in [4.78, 5) is 0. The number of hydrogen-bond donors (Lipinski definition) is 3. The third-order valence-electron chi connectivity index (χ3n) is 4.40. The molecule has 24 heavy (non-hydrogen) atoms. The van der Waals surface area contributed by atoms with Crippen LogP contribution in [0, 0.1) is 5.82 Å². The topological polar surface area (TPSA) is 36.1 Å². The third kappa shape index (κ3) is 3.88. The van der Waals surface area contributed by atoms with E-state index in [1.54, 1.807) is 12.1 Å². The van der Waals surface area contributed by atoms with Gasteiger partial charge in [-0.1, -0.05) is 31.2 Å². The van der Waals surface area contributed by atoms with E-state index in [2.05, 4.69) is 29.8 Å². The van der Waals surface area contributed by atoms with Gasteiger partial charge in [-0.2, -0.15) is 0 Å². The Labute approximate surface area is 143 Å². The molecule has 0 saturated carbocycles. The lowest BCUT2D eigenvalue weighted by molar-refractivity contribution is 0.568.